The van der Waals surface area contributed by atoms with Crippen LogP contribution < -0.4 is 0 Å². The Balaban J connectivity index is 1.63. The molecular weight excluding hydrogens is 322 g/mol. The molecule has 0 saturated heterocycles. The lowest BCUT2D eigenvalue weighted by Crippen LogP contribution is -2.30. The number of benzene rings is 2. The summed E-state index contributed by atoms with van der Waals surface area (Å²) >= 11 is 1.59. The monoisotopic (exact) mass is 339 g/mol. The highest BCUT2D eigenvalue weighted by Gasteiger charge is 2.15. The molecule has 0 spiro atoms. The van der Waals surface area contributed by atoms with Crippen molar-refractivity contribution in [3.8, 4) is 0 Å². The Labute approximate surface area is 144 Å². The van der Waals surface area contributed by atoms with Crippen molar-refractivity contribution in [3.05, 3.63) is 70.4 Å². The van der Waals surface area contributed by atoms with Crippen LogP contribution in [0.5, 0.6) is 0 Å². The molecule has 1 heterocycles. The number of fused-ring (bicyclic) bond motifs is 1. The van der Waals surface area contributed by atoms with Gasteiger partial charge < -0.3 is 9.64 Å². The van der Waals surface area contributed by atoms with Crippen LogP contribution in [0.25, 0.3) is 10.8 Å². The van der Waals surface area contributed by atoms with Gasteiger partial charge in [0.1, 0.15) is 0 Å². The van der Waals surface area contributed by atoms with Crippen molar-refractivity contribution in [1.29, 1.82) is 0 Å². The van der Waals surface area contributed by atoms with E-state index in [0.717, 1.165) is 15.6 Å². The lowest BCUT2D eigenvalue weighted by molar-refractivity contribution is -0.133. The van der Waals surface area contributed by atoms with Crippen LogP contribution in [-0.2, 0) is 16.1 Å². The zero-order valence-electron chi connectivity index (χ0n) is 13.3. The van der Waals surface area contributed by atoms with Crippen LogP contribution in [0.1, 0.15) is 15.2 Å². The summed E-state index contributed by atoms with van der Waals surface area (Å²) in [5, 5.41) is 3.76. The molecule has 0 fully saturated rings. The maximum atomic E-state index is 12.3. The maximum absolute atomic E-state index is 12.3. The predicted molar refractivity (Wildman–Crippen MR) is 95.0 cm³/mol. The van der Waals surface area contributed by atoms with Crippen LogP contribution in [0.3, 0.4) is 0 Å². The number of hydrogen-bond acceptors (Lipinski definition) is 4. The van der Waals surface area contributed by atoms with Gasteiger partial charge in [-0.05, 0) is 28.3 Å². The van der Waals surface area contributed by atoms with Crippen molar-refractivity contribution >= 4 is 34.0 Å². The van der Waals surface area contributed by atoms with Gasteiger partial charge in [0.25, 0.3) is 5.91 Å². The minimum absolute atomic E-state index is 0.225. The van der Waals surface area contributed by atoms with Gasteiger partial charge in [-0.2, -0.15) is 0 Å². The zero-order chi connectivity index (χ0) is 16.9. The van der Waals surface area contributed by atoms with E-state index in [1.54, 1.807) is 29.4 Å². The second-order valence-corrected chi connectivity index (χ2v) is 6.46. The molecule has 0 aliphatic heterocycles. The summed E-state index contributed by atoms with van der Waals surface area (Å²) in [5.41, 5.74) is 0.474. The number of amides is 1. The third-order valence-corrected chi connectivity index (χ3v) is 4.60. The van der Waals surface area contributed by atoms with Crippen molar-refractivity contribution in [3.63, 3.8) is 0 Å². The molecule has 0 unspecified atom stereocenters. The summed E-state index contributed by atoms with van der Waals surface area (Å²) in [7, 11) is 1.70. The van der Waals surface area contributed by atoms with E-state index in [4.69, 9.17) is 4.74 Å². The summed E-state index contributed by atoms with van der Waals surface area (Å²) in [4.78, 5) is 27.1. The second-order valence-electron chi connectivity index (χ2n) is 5.43. The lowest BCUT2D eigenvalue weighted by atomic mass is 10.1. The Morgan fingerprint density at radius 1 is 1.04 bits per heavy atom. The molecule has 0 radical (unpaired) electrons. The van der Waals surface area contributed by atoms with Crippen molar-refractivity contribution in [2.24, 2.45) is 0 Å². The molecule has 24 heavy (non-hydrogen) atoms. The summed E-state index contributed by atoms with van der Waals surface area (Å²) in [6.45, 7) is 0.256. The zero-order valence-corrected chi connectivity index (χ0v) is 14.1. The van der Waals surface area contributed by atoms with Crippen LogP contribution >= 0.6 is 11.3 Å². The number of carbonyl (C=O) groups is 2. The number of esters is 1. The topological polar surface area (TPSA) is 46.6 Å². The van der Waals surface area contributed by atoms with Gasteiger partial charge >= 0.3 is 5.97 Å². The van der Waals surface area contributed by atoms with Gasteiger partial charge in [-0.1, -0.05) is 42.5 Å². The minimum Gasteiger partial charge on any atom is -0.452 e. The molecule has 0 atom stereocenters. The first-order valence-electron chi connectivity index (χ1n) is 7.56. The summed E-state index contributed by atoms with van der Waals surface area (Å²) in [6.07, 6.45) is 0. The van der Waals surface area contributed by atoms with Crippen LogP contribution in [0.4, 0.5) is 0 Å². The smallest absolute Gasteiger partial charge is 0.339 e. The van der Waals surface area contributed by atoms with E-state index in [-0.39, 0.29) is 12.5 Å². The van der Waals surface area contributed by atoms with Crippen LogP contribution in [-0.4, -0.2) is 30.4 Å². The van der Waals surface area contributed by atoms with Gasteiger partial charge in [-0.3, -0.25) is 4.79 Å². The molecular formula is C19H17NO3S. The van der Waals surface area contributed by atoms with Crippen LogP contribution in [0.15, 0.2) is 60.0 Å². The minimum atomic E-state index is -0.482. The number of hydrogen-bond donors (Lipinski definition) is 0. The molecule has 0 aliphatic carbocycles. The summed E-state index contributed by atoms with van der Waals surface area (Å²) in [6, 6.07) is 17.0. The predicted octanol–water partition coefficient (Wildman–Crippen LogP) is 3.72. The van der Waals surface area contributed by atoms with Crippen molar-refractivity contribution in [1.82, 2.24) is 4.90 Å². The molecule has 1 aromatic heterocycles. The number of rotatable bonds is 5. The van der Waals surface area contributed by atoms with Crippen molar-refractivity contribution in [2.75, 3.05) is 13.7 Å². The largest absolute Gasteiger partial charge is 0.452 e. The quantitative estimate of drug-likeness (QED) is 0.666. The molecule has 0 saturated carbocycles. The molecule has 0 aliphatic rings. The Bertz CT molecular complexity index is 853. The number of thiophene rings is 1. The molecule has 3 rings (SSSR count). The molecule has 3 aromatic rings. The van der Waals surface area contributed by atoms with E-state index >= 15 is 0 Å². The molecule has 0 N–H and O–H groups in total. The first kappa shape index (κ1) is 16.2. The fourth-order valence-corrected chi connectivity index (χ4v) is 3.20. The fraction of sp³-hybridized carbons (Fsp3) is 0.158. The summed E-state index contributed by atoms with van der Waals surface area (Å²) < 4.78 is 5.21. The molecule has 5 heteroatoms. The highest BCUT2D eigenvalue weighted by atomic mass is 32.1. The number of carbonyl (C=O) groups excluding carboxylic acids is 2. The van der Waals surface area contributed by atoms with E-state index in [9.17, 15) is 9.59 Å². The van der Waals surface area contributed by atoms with Crippen molar-refractivity contribution in [2.45, 2.75) is 6.54 Å². The van der Waals surface area contributed by atoms with Gasteiger partial charge in [0.05, 0.1) is 12.1 Å². The van der Waals surface area contributed by atoms with Crippen LogP contribution in [0.2, 0.25) is 0 Å². The van der Waals surface area contributed by atoms with Gasteiger partial charge in [0.15, 0.2) is 6.61 Å². The fourth-order valence-electron chi connectivity index (χ4n) is 2.44. The third-order valence-electron chi connectivity index (χ3n) is 3.74. The molecule has 1 amide bonds. The van der Waals surface area contributed by atoms with E-state index in [0.29, 0.717) is 12.1 Å². The standard InChI is InChI=1S/C19H17NO3S/c1-20(12-15-8-5-11-24-15)18(21)13-23-19(22)17-10-4-7-14-6-2-3-9-16(14)17/h2-11H,12-13H2,1H3. The van der Waals surface area contributed by atoms with Gasteiger partial charge in [0.2, 0.25) is 0 Å². The van der Waals surface area contributed by atoms with Crippen LogP contribution in [0, 0.1) is 0 Å². The molecule has 2 aromatic carbocycles. The van der Waals surface area contributed by atoms with E-state index in [1.807, 2.05) is 53.9 Å². The first-order valence-corrected chi connectivity index (χ1v) is 8.44. The van der Waals surface area contributed by atoms with Gasteiger partial charge in [-0.25, -0.2) is 4.79 Å². The van der Waals surface area contributed by atoms with Gasteiger partial charge in [0, 0.05) is 11.9 Å². The lowest BCUT2D eigenvalue weighted by Gasteiger charge is -2.16. The normalized spacial score (nSPS) is 10.5. The number of nitrogens with zero attached hydrogens (tertiary/aromatic N) is 1. The Hall–Kier alpha value is -2.66. The average Bonchev–Trinajstić information content (AvgIpc) is 3.11. The van der Waals surface area contributed by atoms with E-state index in [1.165, 1.54) is 0 Å². The summed E-state index contributed by atoms with van der Waals surface area (Å²) in [5.74, 6) is -0.707. The van der Waals surface area contributed by atoms with E-state index in [2.05, 4.69) is 0 Å². The highest BCUT2D eigenvalue weighted by molar-refractivity contribution is 7.09. The average molecular weight is 339 g/mol. The van der Waals surface area contributed by atoms with Gasteiger partial charge in [-0.15, -0.1) is 11.3 Å². The Morgan fingerprint density at radius 3 is 2.62 bits per heavy atom. The molecule has 0 bridgehead atoms. The maximum Gasteiger partial charge on any atom is 0.339 e. The van der Waals surface area contributed by atoms with E-state index < -0.39 is 5.97 Å². The molecule has 4 nitrogen and oxygen atoms in total. The Morgan fingerprint density at radius 2 is 1.83 bits per heavy atom. The van der Waals surface area contributed by atoms with Crippen molar-refractivity contribution < 1.29 is 14.3 Å². The number of likely N-dealkylation sites (N-methyl/N-ethyl adjacent to an activating group) is 1. The third kappa shape index (κ3) is 3.63. The first-order chi connectivity index (χ1) is 11.6. The highest BCUT2D eigenvalue weighted by Crippen LogP contribution is 2.19. The Kier molecular flexibility index (Phi) is 4.91. The number of ether oxygens (including phenoxy) is 1. The molecule has 122 valence electrons. The SMILES string of the molecule is CN(Cc1cccs1)C(=O)COC(=O)c1cccc2ccccc12. The second kappa shape index (κ2) is 7.27.